The molecule has 10 heteroatoms. The van der Waals surface area contributed by atoms with Crippen molar-refractivity contribution in [2.75, 3.05) is 31.4 Å². The summed E-state index contributed by atoms with van der Waals surface area (Å²) in [4.78, 5) is 30.6. The normalized spacial score (nSPS) is 12.2. The lowest BCUT2D eigenvalue weighted by molar-refractivity contribution is 0.0983. The molecule has 3 heterocycles. The number of hydrogen-bond acceptors (Lipinski definition) is 8. The van der Waals surface area contributed by atoms with Gasteiger partial charge in [-0.15, -0.1) is 23.1 Å². The molecule has 0 bridgehead atoms. The van der Waals surface area contributed by atoms with Crippen LogP contribution in [-0.4, -0.2) is 52.5 Å². The number of fused-ring (bicyclic) bond motifs is 2. The summed E-state index contributed by atoms with van der Waals surface area (Å²) >= 11 is 4.66. The third-order valence-corrected chi connectivity index (χ3v) is 9.76. The van der Waals surface area contributed by atoms with Gasteiger partial charge in [-0.2, -0.15) is 0 Å². The maximum absolute atomic E-state index is 13.1. The molecular formula is C33H31N3O4S3. The lowest BCUT2D eigenvalue weighted by Crippen LogP contribution is -2.29. The molecule has 6 rings (SSSR count). The fourth-order valence-corrected chi connectivity index (χ4v) is 7.29. The Morgan fingerprint density at radius 2 is 1.79 bits per heavy atom. The van der Waals surface area contributed by atoms with Gasteiger partial charge in [0.05, 0.1) is 4.88 Å². The topological polar surface area (TPSA) is 72.8 Å². The van der Waals surface area contributed by atoms with E-state index in [-0.39, 0.29) is 18.5 Å². The molecule has 0 unspecified atom stereocenters. The molecule has 1 aliphatic heterocycles. The van der Waals surface area contributed by atoms with Crippen molar-refractivity contribution in [3.8, 4) is 11.5 Å². The quantitative estimate of drug-likeness (QED) is 0.0660. The Bertz CT molecular complexity index is 1720. The van der Waals surface area contributed by atoms with E-state index in [2.05, 4.69) is 40.0 Å². The lowest BCUT2D eigenvalue weighted by atomic mass is 10.1. The van der Waals surface area contributed by atoms with Gasteiger partial charge in [-0.3, -0.25) is 19.2 Å². The van der Waals surface area contributed by atoms with E-state index in [0.29, 0.717) is 16.0 Å². The maximum atomic E-state index is 13.1. The van der Waals surface area contributed by atoms with E-state index in [9.17, 15) is 9.59 Å². The van der Waals surface area contributed by atoms with E-state index >= 15 is 0 Å². The fourth-order valence-electron chi connectivity index (χ4n) is 4.98. The first-order chi connectivity index (χ1) is 21.0. The number of carbonyl (C=O) groups excluding carboxylic acids is 2. The Labute approximate surface area is 263 Å². The summed E-state index contributed by atoms with van der Waals surface area (Å²) in [6, 6.07) is 25.7. The second-order valence-corrected chi connectivity index (χ2v) is 13.1. The number of hydrogen-bond donors (Lipinski definition) is 1. The molecule has 220 valence electrons. The van der Waals surface area contributed by atoms with E-state index in [0.717, 1.165) is 59.1 Å². The average Bonchev–Trinajstić information content (AvgIpc) is 3.80. The second-order valence-electron chi connectivity index (χ2n) is 10.1. The van der Waals surface area contributed by atoms with Crippen molar-refractivity contribution in [2.45, 2.75) is 11.4 Å². The van der Waals surface area contributed by atoms with Gasteiger partial charge >= 0.3 is 0 Å². The Morgan fingerprint density at radius 3 is 2.63 bits per heavy atom. The van der Waals surface area contributed by atoms with Crippen LogP contribution in [-0.2, 0) is 13.6 Å². The molecule has 0 fully saturated rings. The van der Waals surface area contributed by atoms with Crippen molar-refractivity contribution in [2.24, 2.45) is 7.05 Å². The average molecular weight is 630 g/mol. The maximum Gasteiger partial charge on any atom is 0.261 e. The van der Waals surface area contributed by atoms with Gasteiger partial charge in [0.2, 0.25) is 12.6 Å². The van der Waals surface area contributed by atoms with Crippen molar-refractivity contribution in [3.63, 3.8) is 0 Å². The van der Waals surface area contributed by atoms with Gasteiger partial charge < -0.3 is 14.0 Å². The highest BCUT2D eigenvalue weighted by molar-refractivity contribution is 7.99. The zero-order valence-electron chi connectivity index (χ0n) is 23.7. The van der Waals surface area contributed by atoms with Crippen molar-refractivity contribution < 1.29 is 19.1 Å². The van der Waals surface area contributed by atoms with Gasteiger partial charge in [0.15, 0.2) is 11.5 Å². The van der Waals surface area contributed by atoms with Crippen LogP contribution in [0.4, 0.5) is 0 Å². The van der Waals surface area contributed by atoms with E-state index in [1.165, 1.54) is 28.2 Å². The lowest BCUT2D eigenvalue weighted by Gasteiger charge is -2.22. The van der Waals surface area contributed by atoms with Crippen LogP contribution in [0.15, 0.2) is 95.3 Å². The molecular weight excluding hydrogens is 599 g/mol. The number of thiophene rings is 1. The smallest absolute Gasteiger partial charge is 0.261 e. The molecule has 0 spiro atoms. The third kappa shape index (κ3) is 7.10. The number of thioether (sulfide) groups is 1. The zero-order valence-corrected chi connectivity index (χ0v) is 26.1. The van der Waals surface area contributed by atoms with Crippen molar-refractivity contribution in [1.82, 2.24) is 14.2 Å². The predicted molar refractivity (Wildman–Crippen MR) is 176 cm³/mol. The first-order valence-electron chi connectivity index (χ1n) is 13.9. The summed E-state index contributed by atoms with van der Waals surface area (Å²) < 4.78 is 16.0. The number of ether oxygens (including phenoxy) is 2. The SMILES string of the molecule is Cn1cc(C(=O)c2cccs2)c2cc(C(=O)NSCCN(CCSc3ccccc3)Cc3ccc4c(c3)OCO4)ccc21. The standard InChI is InChI=1S/C33H31N3O4S3/c1-35-21-27(32(37)31-8-5-15-42-31)26-19-24(10-11-28(26)35)33(38)34-43-17-14-36(13-16-41-25-6-3-2-4-7-25)20-23-9-12-29-30(18-23)40-22-39-29/h2-12,15,18-19,21H,13-14,16-17,20,22H2,1H3,(H,34,38). The fraction of sp³-hybridized carbons (Fsp3) is 0.212. The first kappa shape index (κ1) is 29.4. The summed E-state index contributed by atoms with van der Waals surface area (Å²) in [5.41, 5.74) is 3.21. The van der Waals surface area contributed by atoms with Gasteiger partial charge in [-0.25, -0.2) is 0 Å². The van der Waals surface area contributed by atoms with E-state index in [4.69, 9.17) is 9.47 Å². The van der Waals surface area contributed by atoms with E-state index < -0.39 is 0 Å². The Kier molecular flexibility index (Phi) is 9.38. The highest BCUT2D eigenvalue weighted by atomic mass is 32.2. The van der Waals surface area contributed by atoms with Crippen molar-refractivity contribution in [1.29, 1.82) is 0 Å². The van der Waals surface area contributed by atoms with Crippen LogP contribution < -0.4 is 14.2 Å². The molecule has 1 N–H and O–H groups in total. The van der Waals surface area contributed by atoms with Crippen molar-refractivity contribution in [3.05, 3.63) is 112 Å². The number of benzene rings is 3. The van der Waals surface area contributed by atoms with Crippen LogP contribution >= 0.6 is 35.0 Å². The van der Waals surface area contributed by atoms with Crippen molar-refractivity contribution >= 4 is 57.6 Å². The Hall–Kier alpha value is -3.70. The second kappa shape index (κ2) is 13.7. The number of ketones is 1. The molecule has 0 aliphatic carbocycles. The molecule has 7 nitrogen and oxygen atoms in total. The number of rotatable bonds is 13. The molecule has 43 heavy (non-hydrogen) atoms. The Balaban J connectivity index is 1.07. The number of nitrogens with zero attached hydrogens (tertiary/aromatic N) is 2. The van der Waals surface area contributed by atoms with Crippen LogP contribution in [0.3, 0.4) is 0 Å². The van der Waals surface area contributed by atoms with Gasteiger partial charge in [-0.1, -0.05) is 30.3 Å². The summed E-state index contributed by atoms with van der Waals surface area (Å²) in [5, 5.41) is 2.68. The number of nitrogens with one attached hydrogen (secondary N) is 1. The molecule has 0 saturated carbocycles. The molecule has 2 aromatic heterocycles. The summed E-state index contributed by atoms with van der Waals surface area (Å²) in [7, 11) is 1.91. The molecule has 0 saturated heterocycles. The van der Waals surface area contributed by atoms with Crippen LogP contribution in [0.5, 0.6) is 11.5 Å². The molecule has 3 aromatic carbocycles. The number of amides is 1. The summed E-state index contributed by atoms with van der Waals surface area (Å²) in [5.74, 6) is 3.04. The van der Waals surface area contributed by atoms with Crippen LogP contribution in [0.1, 0.15) is 31.2 Å². The number of carbonyl (C=O) groups is 2. The van der Waals surface area contributed by atoms with Crippen LogP contribution in [0.25, 0.3) is 10.9 Å². The minimum absolute atomic E-state index is 0.0273. The molecule has 5 aromatic rings. The summed E-state index contributed by atoms with van der Waals surface area (Å²) in [6.07, 6.45) is 1.84. The Morgan fingerprint density at radius 1 is 0.953 bits per heavy atom. The summed E-state index contributed by atoms with van der Waals surface area (Å²) in [6.45, 7) is 2.72. The molecule has 1 amide bonds. The van der Waals surface area contributed by atoms with Gasteiger partial charge in [0.25, 0.3) is 5.91 Å². The van der Waals surface area contributed by atoms with Crippen LogP contribution in [0, 0.1) is 0 Å². The highest BCUT2D eigenvalue weighted by Gasteiger charge is 2.19. The number of aromatic nitrogens is 1. The minimum Gasteiger partial charge on any atom is -0.454 e. The zero-order chi connectivity index (χ0) is 29.6. The highest BCUT2D eigenvalue weighted by Crippen LogP contribution is 2.33. The third-order valence-electron chi connectivity index (χ3n) is 7.18. The molecule has 0 atom stereocenters. The minimum atomic E-state index is -0.174. The monoisotopic (exact) mass is 629 g/mol. The number of aryl methyl sites for hydroxylation is 1. The van der Waals surface area contributed by atoms with Gasteiger partial charge in [0.1, 0.15) is 0 Å². The van der Waals surface area contributed by atoms with Crippen LogP contribution in [0.2, 0.25) is 0 Å². The van der Waals surface area contributed by atoms with E-state index in [1.54, 1.807) is 0 Å². The van der Waals surface area contributed by atoms with E-state index in [1.807, 2.05) is 83.5 Å². The first-order valence-corrected chi connectivity index (χ1v) is 16.8. The largest absolute Gasteiger partial charge is 0.454 e. The molecule has 1 aliphatic rings. The molecule has 0 radical (unpaired) electrons. The van der Waals surface area contributed by atoms with Gasteiger partial charge in [-0.05, 0) is 71.4 Å². The van der Waals surface area contributed by atoms with Gasteiger partial charge in [0, 0.05) is 71.3 Å². The predicted octanol–water partition coefficient (Wildman–Crippen LogP) is 6.87.